The number of allylic oxidation sites excluding steroid dienone is 1. The van der Waals surface area contributed by atoms with Gasteiger partial charge in [-0.3, -0.25) is 9.36 Å². The molecule has 0 unspecified atom stereocenters. The van der Waals surface area contributed by atoms with Gasteiger partial charge in [0.1, 0.15) is 0 Å². The van der Waals surface area contributed by atoms with Crippen molar-refractivity contribution in [3.63, 3.8) is 0 Å². The van der Waals surface area contributed by atoms with Gasteiger partial charge >= 0.3 is 5.97 Å². The second-order valence-corrected chi connectivity index (χ2v) is 11.0. The maximum absolute atomic E-state index is 13.8. The molecule has 1 atom stereocenters. The number of benzene rings is 2. The van der Waals surface area contributed by atoms with Crippen molar-refractivity contribution in [2.24, 2.45) is 4.99 Å². The number of aromatic nitrogens is 1. The van der Waals surface area contributed by atoms with E-state index in [9.17, 15) is 9.59 Å². The number of nitrogens with zero attached hydrogens (tertiary/aromatic N) is 2. The zero-order chi connectivity index (χ0) is 26.9. The fourth-order valence-electron chi connectivity index (χ4n) is 4.12. The third kappa shape index (κ3) is 5.32. The normalized spacial score (nSPS) is 15.3. The third-order valence-corrected chi connectivity index (χ3v) is 8.41. The van der Waals surface area contributed by atoms with Crippen molar-refractivity contribution >= 4 is 55.2 Å². The smallest absolute Gasteiger partial charge is 0.338 e. The highest BCUT2D eigenvalue weighted by atomic mass is 79.9. The Balaban J connectivity index is 2.00. The lowest BCUT2D eigenvalue weighted by atomic mass is 9.95. The van der Waals surface area contributed by atoms with E-state index in [2.05, 4.69) is 36.9 Å². The Bertz CT molecular complexity index is 1590. The van der Waals surface area contributed by atoms with E-state index in [0.29, 0.717) is 48.7 Å². The maximum Gasteiger partial charge on any atom is 0.338 e. The van der Waals surface area contributed by atoms with Gasteiger partial charge in [-0.25, -0.2) is 9.79 Å². The first-order valence-corrected chi connectivity index (χ1v) is 14.1. The predicted molar refractivity (Wildman–Crippen MR) is 151 cm³/mol. The second kappa shape index (κ2) is 11.4. The molecule has 1 aliphatic rings. The summed E-state index contributed by atoms with van der Waals surface area (Å²) in [5.41, 5.74) is 3.18. The van der Waals surface area contributed by atoms with Gasteiger partial charge in [0.2, 0.25) is 0 Å². The first-order valence-electron chi connectivity index (χ1n) is 11.7. The molecular formula is C27H26Br2N2O5S. The van der Waals surface area contributed by atoms with Crippen molar-refractivity contribution in [3.8, 4) is 11.5 Å². The largest absolute Gasteiger partial charge is 0.493 e. The summed E-state index contributed by atoms with van der Waals surface area (Å²) in [6.45, 7) is 8.05. The number of carbonyl (C=O) groups excluding carboxylic acids is 1. The molecule has 2 aromatic carbocycles. The Morgan fingerprint density at radius 3 is 2.51 bits per heavy atom. The minimum absolute atomic E-state index is 0.197. The summed E-state index contributed by atoms with van der Waals surface area (Å²) in [4.78, 5) is 32.2. The maximum atomic E-state index is 13.8. The van der Waals surface area contributed by atoms with E-state index < -0.39 is 12.0 Å². The molecule has 0 aliphatic carbocycles. The third-order valence-electron chi connectivity index (χ3n) is 5.89. The minimum atomic E-state index is -0.777. The Morgan fingerprint density at radius 2 is 1.86 bits per heavy atom. The number of aryl methyl sites for hydroxylation is 1. The lowest BCUT2D eigenvalue weighted by molar-refractivity contribution is -0.139. The molecule has 2 heterocycles. The van der Waals surface area contributed by atoms with Crippen LogP contribution in [0.2, 0.25) is 0 Å². The highest BCUT2D eigenvalue weighted by Crippen LogP contribution is 2.41. The molecule has 3 aromatic rings. The van der Waals surface area contributed by atoms with Gasteiger partial charge in [0, 0.05) is 8.95 Å². The van der Waals surface area contributed by atoms with Crippen molar-refractivity contribution in [3.05, 3.63) is 86.9 Å². The number of hydrogen-bond donors (Lipinski definition) is 0. The van der Waals surface area contributed by atoms with E-state index in [1.165, 1.54) is 11.3 Å². The molecule has 7 nitrogen and oxygen atoms in total. The first kappa shape index (κ1) is 27.3. The summed E-state index contributed by atoms with van der Waals surface area (Å²) in [5, 5.41) is 0. The molecule has 0 fully saturated rings. The van der Waals surface area contributed by atoms with Crippen LogP contribution in [0.3, 0.4) is 0 Å². The molecule has 0 saturated carbocycles. The van der Waals surface area contributed by atoms with E-state index in [4.69, 9.17) is 14.2 Å². The summed E-state index contributed by atoms with van der Waals surface area (Å²) in [7, 11) is 1.55. The summed E-state index contributed by atoms with van der Waals surface area (Å²) < 4.78 is 20.4. The van der Waals surface area contributed by atoms with Crippen LogP contribution in [0.5, 0.6) is 11.5 Å². The quantitative estimate of drug-likeness (QED) is 0.335. The monoisotopic (exact) mass is 648 g/mol. The summed E-state index contributed by atoms with van der Waals surface area (Å²) in [5.74, 6) is 0.520. The number of thiazole rings is 1. The van der Waals surface area contributed by atoms with Crippen LogP contribution >= 0.6 is 43.2 Å². The summed E-state index contributed by atoms with van der Waals surface area (Å²) >= 11 is 8.47. The number of carbonyl (C=O) groups is 1. The molecular weight excluding hydrogens is 624 g/mol. The molecule has 194 valence electrons. The molecule has 0 saturated heterocycles. The van der Waals surface area contributed by atoms with Gasteiger partial charge in [-0.05, 0) is 68.7 Å². The van der Waals surface area contributed by atoms with Gasteiger partial charge in [0.05, 0.1) is 42.2 Å². The highest BCUT2D eigenvalue weighted by molar-refractivity contribution is 9.10. The number of methoxy groups -OCH3 is 1. The molecule has 0 spiro atoms. The van der Waals surface area contributed by atoms with E-state index >= 15 is 0 Å². The lowest BCUT2D eigenvalue weighted by Crippen LogP contribution is -2.40. The Morgan fingerprint density at radius 1 is 1.11 bits per heavy atom. The molecule has 4 rings (SSSR count). The molecule has 1 aliphatic heterocycles. The van der Waals surface area contributed by atoms with E-state index in [1.54, 1.807) is 37.7 Å². The zero-order valence-corrected chi connectivity index (χ0v) is 25.0. The van der Waals surface area contributed by atoms with Crippen molar-refractivity contribution in [1.29, 1.82) is 0 Å². The lowest BCUT2D eigenvalue weighted by Gasteiger charge is -2.26. The number of fused-ring (bicyclic) bond motifs is 1. The second-order valence-electron chi connectivity index (χ2n) is 8.27. The number of hydrogen-bond acceptors (Lipinski definition) is 7. The minimum Gasteiger partial charge on any atom is -0.493 e. The molecule has 37 heavy (non-hydrogen) atoms. The molecule has 1 aromatic heterocycles. The van der Waals surface area contributed by atoms with Gasteiger partial charge in [-0.15, -0.1) is 0 Å². The topological polar surface area (TPSA) is 79.1 Å². The highest BCUT2D eigenvalue weighted by Gasteiger charge is 2.35. The average Bonchev–Trinajstić information content (AvgIpc) is 3.15. The van der Waals surface area contributed by atoms with Crippen molar-refractivity contribution in [2.45, 2.75) is 33.7 Å². The van der Waals surface area contributed by atoms with Gasteiger partial charge in [-0.1, -0.05) is 55.3 Å². The zero-order valence-electron chi connectivity index (χ0n) is 21.1. The fraction of sp³-hybridized carbons (Fsp3) is 0.296. The van der Waals surface area contributed by atoms with Crippen LogP contribution in [0.4, 0.5) is 0 Å². The summed E-state index contributed by atoms with van der Waals surface area (Å²) in [6.07, 6.45) is 1.84. The van der Waals surface area contributed by atoms with E-state index in [1.807, 2.05) is 38.1 Å². The van der Waals surface area contributed by atoms with Crippen molar-refractivity contribution in [2.75, 3.05) is 20.3 Å². The number of ether oxygens (including phenoxy) is 3. The molecule has 0 N–H and O–H groups in total. The number of esters is 1. The Kier molecular flexibility index (Phi) is 8.40. The number of halogens is 2. The van der Waals surface area contributed by atoms with Crippen LogP contribution in [-0.4, -0.2) is 30.9 Å². The van der Waals surface area contributed by atoms with Crippen LogP contribution in [0.1, 0.15) is 43.5 Å². The van der Waals surface area contributed by atoms with Gasteiger partial charge in [0.15, 0.2) is 16.3 Å². The summed E-state index contributed by atoms with van der Waals surface area (Å²) in [6, 6.07) is 8.71. The number of rotatable bonds is 7. The Hall–Kier alpha value is -2.69. The standard InChI is InChI=1S/C27H26Br2N2O5S/c1-6-35-21-13-19(29)17(12-20(21)34-5)24-23(26(33)36-7-2)15(4)30-27-31(24)25(32)22(37-27)11-16-9-8-14(3)18(28)10-16/h8-13,24H,6-7H2,1-5H3/b22-11+/t24-/m1/s1. The average molecular weight is 650 g/mol. The van der Waals surface area contributed by atoms with Gasteiger partial charge < -0.3 is 14.2 Å². The Labute approximate surface area is 235 Å². The van der Waals surface area contributed by atoms with Crippen LogP contribution < -0.4 is 24.4 Å². The van der Waals surface area contributed by atoms with Crippen LogP contribution in [0.25, 0.3) is 6.08 Å². The molecule has 10 heteroatoms. The van der Waals surface area contributed by atoms with Crippen LogP contribution in [-0.2, 0) is 9.53 Å². The molecule has 0 amide bonds. The van der Waals surface area contributed by atoms with Crippen LogP contribution in [0, 0.1) is 6.92 Å². The van der Waals surface area contributed by atoms with Crippen molar-refractivity contribution < 1.29 is 19.0 Å². The fourth-order valence-corrected chi connectivity index (χ4v) is 6.11. The van der Waals surface area contributed by atoms with Gasteiger partial charge in [0.25, 0.3) is 5.56 Å². The molecule has 0 radical (unpaired) electrons. The van der Waals surface area contributed by atoms with Crippen molar-refractivity contribution in [1.82, 2.24) is 4.57 Å². The first-order chi connectivity index (χ1) is 17.7. The SMILES string of the molecule is CCOC(=O)C1=C(C)N=c2s/c(=C/c3ccc(C)c(Br)c3)c(=O)n2[C@@H]1c1cc(OC)c(OCC)cc1Br. The molecule has 0 bridgehead atoms. The van der Waals surface area contributed by atoms with Crippen LogP contribution in [0.15, 0.2) is 60.3 Å². The van der Waals surface area contributed by atoms with E-state index in [0.717, 1.165) is 15.6 Å². The van der Waals surface area contributed by atoms with Gasteiger partial charge in [-0.2, -0.15) is 0 Å². The predicted octanol–water partition coefficient (Wildman–Crippen LogP) is 5.04. The van der Waals surface area contributed by atoms with E-state index in [-0.39, 0.29) is 12.2 Å².